The standard InChI is InChI=1S/C25H24N4O4/c1-32-20-6-7-22-21(13-20)23(18(14-26)15-27-22)29-10-8-16(9-11-29)24(30)28-19-5-3-4-17(12-19)25(31)33-2/h3-7,12-13,15-16H,8-11H2,1-2H3,(H,28,30). The number of benzene rings is 2. The summed E-state index contributed by atoms with van der Waals surface area (Å²) in [6, 6.07) is 14.6. The first-order chi connectivity index (χ1) is 16.0. The van der Waals surface area contributed by atoms with Crippen LogP contribution in [0, 0.1) is 17.2 Å². The first kappa shape index (κ1) is 22.1. The van der Waals surface area contributed by atoms with Crippen molar-refractivity contribution in [1.82, 2.24) is 4.98 Å². The second kappa shape index (κ2) is 9.57. The van der Waals surface area contributed by atoms with E-state index in [1.54, 1.807) is 37.6 Å². The zero-order valence-corrected chi connectivity index (χ0v) is 18.5. The van der Waals surface area contributed by atoms with Crippen LogP contribution in [0.1, 0.15) is 28.8 Å². The molecule has 4 rings (SSSR count). The van der Waals surface area contributed by atoms with Gasteiger partial charge >= 0.3 is 5.97 Å². The molecule has 1 saturated heterocycles. The van der Waals surface area contributed by atoms with Gasteiger partial charge in [0.05, 0.1) is 36.6 Å². The van der Waals surface area contributed by atoms with Crippen LogP contribution in [0.3, 0.4) is 0 Å². The molecule has 0 aliphatic carbocycles. The number of nitrogens with zero attached hydrogens (tertiary/aromatic N) is 3. The lowest BCUT2D eigenvalue weighted by molar-refractivity contribution is -0.120. The molecule has 8 nitrogen and oxygen atoms in total. The summed E-state index contributed by atoms with van der Waals surface area (Å²) in [7, 11) is 2.93. The number of carbonyl (C=O) groups excluding carboxylic acids is 2. The Labute approximate surface area is 191 Å². The highest BCUT2D eigenvalue weighted by Gasteiger charge is 2.27. The maximum Gasteiger partial charge on any atom is 0.337 e. The van der Waals surface area contributed by atoms with Gasteiger partial charge in [-0.25, -0.2) is 4.79 Å². The van der Waals surface area contributed by atoms with Gasteiger partial charge in [0.2, 0.25) is 5.91 Å². The average Bonchev–Trinajstić information content (AvgIpc) is 2.87. The molecule has 0 unspecified atom stereocenters. The number of pyridine rings is 1. The summed E-state index contributed by atoms with van der Waals surface area (Å²) in [5.74, 6) is -0.00682. The Bertz CT molecular complexity index is 1240. The van der Waals surface area contributed by atoms with Crippen molar-refractivity contribution in [3.63, 3.8) is 0 Å². The van der Waals surface area contributed by atoms with Gasteiger partial charge in [-0.05, 0) is 49.2 Å². The predicted octanol–water partition coefficient (Wildman–Crippen LogP) is 3.76. The second-order valence-electron chi connectivity index (χ2n) is 7.84. The van der Waals surface area contributed by atoms with Crippen LogP contribution >= 0.6 is 0 Å². The number of hydrogen-bond acceptors (Lipinski definition) is 7. The van der Waals surface area contributed by atoms with Crippen molar-refractivity contribution in [3.05, 3.63) is 59.8 Å². The van der Waals surface area contributed by atoms with Crippen molar-refractivity contribution in [1.29, 1.82) is 5.26 Å². The molecular weight excluding hydrogens is 420 g/mol. The number of anilines is 2. The molecule has 1 fully saturated rings. The van der Waals surface area contributed by atoms with Crippen molar-refractivity contribution in [2.45, 2.75) is 12.8 Å². The summed E-state index contributed by atoms with van der Waals surface area (Å²) < 4.78 is 10.1. The van der Waals surface area contributed by atoms with E-state index in [0.717, 1.165) is 16.6 Å². The number of esters is 1. The fourth-order valence-corrected chi connectivity index (χ4v) is 4.16. The molecular formula is C25H24N4O4. The summed E-state index contributed by atoms with van der Waals surface area (Å²) >= 11 is 0. The van der Waals surface area contributed by atoms with Gasteiger partial charge in [0.25, 0.3) is 0 Å². The Morgan fingerprint density at radius 1 is 1.15 bits per heavy atom. The van der Waals surface area contributed by atoms with Crippen molar-refractivity contribution in [2.75, 3.05) is 37.5 Å². The summed E-state index contributed by atoms with van der Waals surface area (Å²) in [6.07, 6.45) is 2.87. The van der Waals surface area contributed by atoms with Crippen LogP contribution in [0.5, 0.6) is 5.75 Å². The van der Waals surface area contributed by atoms with Crippen LogP contribution in [0.25, 0.3) is 10.9 Å². The van der Waals surface area contributed by atoms with E-state index in [4.69, 9.17) is 9.47 Å². The summed E-state index contributed by atoms with van der Waals surface area (Å²) in [5, 5.41) is 13.4. The molecule has 1 amide bonds. The normalized spacial score (nSPS) is 13.9. The lowest BCUT2D eigenvalue weighted by Gasteiger charge is -2.34. The molecule has 1 aliphatic rings. The number of nitrogens with one attached hydrogen (secondary N) is 1. The monoisotopic (exact) mass is 444 g/mol. The van der Waals surface area contributed by atoms with Gasteiger partial charge in [-0.2, -0.15) is 5.26 Å². The van der Waals surface area contributed by atoms with Gasteiger partial charge < -0.3 is 19.7 Å². The van der Waals surface area contributed by atoms with Crippen molar-refractivity contribution >= 4 is 34.2 Å². The number of piperidine rings is 1. The highest BCUT2D eigenvalue weighted by molar-refractivity contribution is 5.97. The van der Waals surface area contributed by atoms with Crippen LogP contribution in [0.15, 0.2) is 48.7 Å². The van der Waals surface area contributed by atoms with Crippen molar-refractivity contribution in [3.8, 4) is 11.8 Å². The van der Waals surface area contributed by atoms with Gasteiger partial charge in [-0.15, -0.1) is 0 Å². The minimum Gasteiger partial charge on any atom is -0.497 e. The average molecular weight is 444 g/mol. The molecule has 0 bridgehead atoms. The lowest BCUT2D eigenvalue weighted by atomic mass is 9.94. The Morgan fingerprint density at radius 3 is 2.64 bits per heavy atom. The Hall–Kier alpha value is -4.12. The van der Waals surface area contributed by atoms with Gasteiger partial charge in [-0.1, -0.05) is 6.07 Å². The van der Waals surface area contributed by atoms with E-state index >= 15 is 0 Å². The third-order valence-electron chi connectivity index (χ3n) is 5.90. The van der Waals surface area contributed by atoms with Crippen LogP contribution < -0.4 is 15.0 Å². The highest BCUT2D eigenvalue weighted by Crippen LogP contribution is 2.34. The van der Waals surface area contributed by atoms with E-state index in [-0.39, 0.29) is 11.8 Å². The quantitative estimate of drug-likeness (QED) is 0.598. The van der Waals surface area contributed by atoms with Gasteiger partial charge in [-0.3, -0.25) is 9.78 Å². The minimum atomic E-state index is -0.450. The number of rotatable bonds is 5. The Morgan fingerprint density at radius 2 is 1.94 bits per heavy atom. The Balaban J connectivity index is 1.49. The van der Waals surface area contributed by atoms with Crippen LogP contribution in [0.4, 0.5) is 11.4 Å². The van der Waals surface area contributed by atoms with E-state index in [1.807, 2.05) is 18.2 Å². The van der Waals surface area contributed by atoms with E-state index < -0.39 is 5.97 Å². The molecule has 1 N–H and O–H groups in total. The maximum atomic E-state index is 12.9. The largest absolute Gasteiger partial charge is 0.497 e. The highest BCUT2D eigenvalue weighted by atomic mass is 16.5. The number of hydrogen-bond donors (Lipinski definition) is 1. The van der Waals surface area contributed by atoms with Gasteiger partial charge in [0.15, 0.2) is 0 Å². The minimum absolute atomic E-state index is 0.0848. The number of ether oxygens (including phenoxy) is 2. The third-order valence-corrected chi connectivity index (χ3v) is 5.90. The van der Waals surface area contributed by atoms with E-state index in [2.05, 4.69) is 21.3 Å². The molecule has 2 aromatic carbocycles. The molecule has 0 spiro atoms. The molecule has 0 radical (unpaired) electrons. The molecule has 1 aromatic heterocycles. The fraction of sp³-hybridized carbons (Fsp3) is 0.280. The van der Waals surface area contributed by atoms with E-state index in [1.165, 1.54) is 7.11 Å². The number of methoxy groups -OCH3 is 2. The second-order valence-corrected chi connectivity index (χ2v) is 7.84. The van der Waals surface area contributed by atoms with Crippen molar-refractivity contribution in [2.24, 2.45) is 5.92 Å². The number of aromatic nitrogens is 1. The molecule has 8 heteroatoms. The van der Waals surface area contributed by atoms with Gasteiger partial charge in [0.1, 0.15) is 11.8 Å². The zero-order chi connectivity index (χ0) is 23.4. The van der Waals surface area contributed by atoms with Crippen LogP contribution in [-0.4, -0.2) is 44.2 Å². The first-order valence-corrected chi connectivity index (χ1v) is 10.6. The lowest BCUT2D eigenvalue weighted by Crippen LogP contribution is -2.38. The van der Waals surface area contributed by atoms with Gasteiger partial charge in [0, 0.05) is 36.3 Å². The maximum absolute atomic E-state index is 12.9. The van der Waals surface area contributed by atoms with Crippen LogP contribution in [-0.2, 0) is 9.53 Å². The van der Waals surface area contributed by atoms with E-state index in [9.17, 15) is 14.9 Å². The molecule has 2 heterocycles. The van der Waals surface area contributed by atoms with E-state index in [0.29, 0.717) is 48.5 Å². The molecule has 3 aromatic rings. The summed E-state index contributed by atoms with van der Waals surface area (Å²) in [5.41, 5.74) is 3.05. The molecule has 168 valence electrons. The smallest absolute Gasteiger partial charge is 0.337 e. The molecule has 0 saturated carbocycles. The number of carbonyl (C=O) groups is 2. The van der Waals surface area contributed by atoms with Crippen LogP contribution in [0.2, 0.25) is 0 Å². The topological polar surface area (TPSA) is 105 Å². The summed E-state index contributed by atoms with van der Waals surface area (Å²) in [6.45, 7) is 1.26. The first-order valence-electron chi connectivity index (χ1n) is 10.6. The van der Waals surface area contributed by atoms with Crippen molar-refractivity contribution < 1.29 is 19.1 Å². The predicted molar refractivity (Wildman–Crippen MR) is 124 cm³/mol. The zero-order valence-electron chi connectivity index (χ0n) is 18.5. The Kier molecular flexibility index (Phi) is 6.41. The SMILES string of the molecule is COC(=O)c1cccc(NC(=O)C2CCN(c3c(C#N)cnc4ccc(OC)cc34)CC2)c1. The third kappa shape index (κ3) is 4.58. The molecule has 1 aliphatic heterocycles. The molecule has 33 heavy (non-hydrogen) atoms. The summed E-state index contributed by atoms with van der Waals surface area (Å²) in [4.78, 5) is 31.1. The number of nitriles is 1. The molecule has 0 atom stereocenters. The number of amides is 1. The number of fused-ring (bicyclic) bond motifs is 1. The fourth-order valence-electron chi connectivity index (χ4n) is 4.16.